The summed E-state index contributed by atoms with van der Waals surface area (Å²) in [4.78, 5) is 20.2. The fraction of sp³-hybridized carbons (Fsp3) is 0.667. The van der Waals surface area contributed by atoms with E-state index in [1.54, 1.807) is 6.33 Å². The van der Waals surface area contributed by atoms with Crippen molar-refractivity contribution in [3.63, 3.8) is 0 Å². The predicted octanol–water partition coefficient (Wildman–Crippen LogP) is 2.34. The minimum absolute atomic E-state index is 0.132. The molecular weight excluding hydrogens is 252 g/mol. The topological polar surface area (TPSA) is 66.9 Å². The Morgan fingerprint density at radius 3 is 2.75 bits per heavy atom. The van der Waals surface area contributed by atoms with E-state index in [-0.39, 0.29) is 5.91 Å². The zero-order chi connectivity index (χ0) is 14.4. The summed E-state index contributed by atoms with van der Waals surface area (Å²) in [5.74, 6) is 0.954. The second kappa shape index (κ2) is 7.22. The number of carbonyl (C=O) groups excluding carboxylic acids is 1. The number of hydrogen-bond donors (Lipinski definition) is 2. The third-order valence-corrected chi connectivity index (χ3v) is 3.95. The third kappa shape index (κ3) is 4.18. The van der Waals surface area contributed by atoms with Crippen LogP contribution in [0.4, 0.5) is 5.82 Å². The summed E-state index contributed by atoms with van der Waals surface area (Å²) in [6, 6.07) is 0.388. The number of rotatable bonds is 5. The highest BCUT2D eigenvalue weighted by Gasteiger charge is 2.15. The van der Waals surface area contributed by atoms with Crippen LogP contribution in [-0.4, -0.2) is 28.5 Å². The second-order valence-corrected chi connectivity index (χ2v) is 5.51. The van der Waals surface area contributed by atoms with Crippen molar-refractivity contribution in [2.45, 2.75) is 58.4 Å². The van der Waals surface area contributed by atoms with Gasteiger partial charge >= 0.3 is 0 Å². The Hall–Kier alpha value is -1.65. The van der Waals surface area contributed by atoms with Crippen molar-refractivity contribution >= 4 is 11.7 Å². The number of nitrogens with zero attached hydrogens (tertiary/aromatic N) is 2. The van der Waals surface area contributed by atoms with E-state index in [1.165, 1.54) is 19.3 Å². The molecule has 110 valence electrons. The van der Waals surface area contributed by atoms with Gasteiger partial charge in [-0.2, -0.15) is 0 Å². The maximum Gasteiger partial charge on any atom is 0.221 e. The normalized spacial score (nSPS) is 15.9. The molecule has 2 N–H and O–H groups in total. The first-order valence-corrected chi connectivity index (χ1v) is 7.48. The average molecular weight is 276 g/mol. The Morgan fingerprint density at radius 1 is 1.25 bits per heavy atom. The molecule has 1 aliphatic rings. The summed E-state index contributed by atoms with van der Waals surface area (Å²) < 4.78 is 0. The Labute approximate surface area is 120 Å². The molecule has 1 aromatic heterocycles. The van der Waals surface area contributed by atoms with Crippen LogP contribution in [0.3, 0.4) is 0 Å². The van der Waals surface area contributed by atoms with E-state index in [4.69, 9.17) is 0 Å². The minimum atomic E-state index is 0.132. The Balaban J connectivity index is 1.72. The van der Waals surface area contributed by atoms with Gasteiger partial charge in [0, 0.05) is 30.3 Å². The van der Waals surface area contributed by atoms with Crippen molar-refractivity contribution in [3.8, 4) is 0 Å². The van der Waals surface area contributed by atoms with Crippen LogP contribution in [0.1, 0.15) is 49.8 Å². The molecule has 0 bridgehead atoms. The maximum atomic E-state index is 11.9. The Morgan fingerprint density at radius 2 is 2.00 bits per heavy atom. The van der Waals surface area contributed by atoms with Crippen molar-refractivity contribution < 1.29 is 4.79 Å². The largest absolute Gasteiger partial charge is 0.369 e. The molecule has 0 unspecified atom stereocenters. The lowest BCUT2D eigenvalue weighted by Crippen LogP contribution is -2.36. The van der Waals surface area contributed by atoms with E-state index in [9.17, 15) is 4.79 Å². The van der Waals surface area contributed by atoms with Crippen LogP contribution in [0.25, 0.3) is 0 Å². The third-order valence-electron chi connectivity index (χ3n) is 3.95. The standard InChI is InChI=1S/C15H24N4O/c1-11-12(2)17-10-18-15(11)16-9-8-14(20)19-13-6-4-3-5-7-13/h10,13H,3-9H2,1-2H3,(H,19,20)(H,16,17,18). The van der Waals surface area contributed by atoms with E-state index in [0.29, 0.717) is 19.0 Å². The van der Waals surface area contributed by atoms with Crippen molar-refractivity contribution in [1.29, 1.82) is 0 Å². The quantitative estimate of drug-likeness (QED) is 0.866. The molecule has 5 heteroatoms. The molecule has 2 rings (SSSR count). The number of carbonyl (C=O) groups is 1. The zero-order valence-electron chi connectivity index (χ0n) is 12.4. The second-order valence-electron chi connectivity index (χ2n) is 5.51. The van der Waals surface area contributed by atoms with Crippen molar-refractivity contribution in [2.24, 2.45) is 0 Å². The molecule has 0 atom stereocenters. The van der Waals surface area contributed by atoms with Gasteiger partial charge in [-0.25, -0.2) is 9.97 Å². The van der Waals surface area contributed by atoms with Crippen LogP contribution in [0.2, 0.25) is 0 Å². The number of anilines is 1. The molecule has 0 aliphatic heterocycles. The van der Waals surface area contributed by atoms with Crippen LogP contribution < -0.4 is 10.6 Å². The summed E-state index contributed by atoms with van der Waals surface area (Å²) in [6.07, 6.45) is 8.07. The predicted molar refractivity (Wildman–Crippen MR) is 79.6 cm³/mol. The van der Waals surface area contributed by atoms with E-state index in [0.717, 1.165) is 29.9 Å². The summed E-state index contributed by atoms with van der Waals surface area (Å²) >= 11 is 0. The minimum Gasteiger partial charge on any atom is -0.369 e. The number of amides is 1. The first-order chi connectivity index (χ1) is 9.66. The van der Waals surface area contributed by atoms with Crippen LogP contribution in [0, 0.1) is 13.8 Å². The highest BCUT2D eigenvalue weighted by molar-refractivity contribution is 5.76. The van der Waals surface area contributed by atoms with E-state index >= 15 is 0 Å². The SMILES string of the molecule is Cc1ncnc(NCCC(=O)NC2CCCCC2)c1C. The van der Waals surface area contributed by atoms with Gasteiger partial charge in [0.2, 0.25) is 5.91 Å². The maximum absolute atomic E-state index is 11.9. The molecular formula is C15H24N4O. The highest BCUT2D eigenvalue weighted by atomic mass is 16.1. The molecule has 1 aliphatic carbocycles. The van der Waals surface area contributed by atoms with Gasteiger partial charge in [-0.3, -0.25) is 4.79 Å². The average Bonchev–Trinajstić information content (AvgIpc) is 2.44. The van der Waals surface area contributed by atoms with Gasteiger partial charge in [-0.05, 0) is 26.7 Å². The van der Waals surface area contributed by atoms with Crippen LogP contribution >= 0.6 is 0 Å². The van der Waals surface area contributed by atoms with E-state index in [2.05, 4.69) is 20.6 Å². The molecule has 20 heavy (non-hydrogen) atoms. The van der Waals surface area contributed by atoms with Crippen molar-refractivity contribution in [1.82, 2.24) is 15.3 Å². The molecule has 0 aromatic carbocycles. The number of aromatic nitrogens is 2. The van der Waals surface area contributed by atoms with Crippen LogP contribution in [0.5, 0.6) is 0 Å². The first kappa shape index (κ1) is 14.8. The molecule has 1 heterocycles. The molecule has 1 saturated carbocycles. The van der Waals surface area contributed by atoms with Gasteiger partial charge < -0.3 is 10.6 Å². The highest BCUT2D eigenvalue weighted by Crippen LogP contribution is 2.17. The number of hydrogen-bond acceptors (Lipinski definition) is 4. The lowest BCUT2D eigenvalue weighted by molar-refractivity contribution is -0.121. The Kier molecular flexibility index (Phi) is 5.32. The molecule has 1 aromatic rings. The fourth-order valence-electron chi connectivity index (χ4n) is 2.56. The van der Waals surface area contributed by atoms with Gasteiger partial charge in [0.15, 0.2) is 0 Å². The van der Waals surface area contributed by atoms with Gasteiger partial charge in [0.1, 0.15) is 12.1 Å². The summed E-state index contributed by atoms with van der Waals surface area (Å²) in [7, 11) is 0. The van der Waals surface area contributed by atoms with Gasteiger partial charge in [-0.1, -0.05) is 19.3 Å². The Bertz CT molecular complexity index is 455. The first-order valence-electron chi connectivity index (χ1n) is 7.48. The molecule has 1 amide bonds. The zero-order valence-corrected chi connectivity index (χ0v) is 12.4. The van der Waals surface area contributed by atoms with Crippen LogP contribution in [-0.2, 0) is 4.79 Å². The van der Waals surface area contributed by atoms with Crippen molar-refractivity contribution in [2.75, 3.05) is 11.9 Å². The lowest BCUT2D eigenvalue weighted by Gasteiger charge is -2.22. The molecule has 5 nitrogen and oxygen atoms in total. The molecule has 0 saturated heterocycles. The van der Waals surface area contributed by atoms with E-state index in [1.807, 2.05) is 13.8 Å². The molecule has 1 fully saturated rings. The smallest absolute Gasteiger partial charge is 0.221 e. The summed E-state index contributed by atoms with van der Waals surface area (Å²) in [5, 5.41) is 6.33. The van der Waals surface area contributed by atoms with Gasteiger partial charge in [-0.15, -0.1) is 0 Å². The number of aryl methyl sites for hydroxylation is 1. The van der Waals surface area contributed by atoms with Crippen LogP contribution in [0.15, 0.2) is 6.33 Å². The lowest BCUT2D eigenvalue weighted by atomic mass is 9.95. The molecule has 0 spiro atoms. The number of nitrogens with one attached hydrogen (secondary N) is 2. The van der Waals surface area contributed by atoms with Gasteiger partial charge in [0.05, 0.1) is 0 Å². The summed E-state index contributed by atoms with van der Waals surface area (Å²) in [5.41, 5.74) is 2.01. The monoisotopic (exact) mass is 276 g/mol. The summed E-state index contributed by atoms with van der Waals surface area (Å²) in [6.45, 7) is 4.55. The fourth-order valence-corrected chi connectivity index (χ4v) is 2.56. The molecule has 0 radical (unpaired) electrons. The van der Waals surface area contributed by atoms with Gasteiger partial charge in [0.25, 0.3) is 0 Å². The van der Waals surface area contributed by atoms with E-state index < -0.39 is 0 Å². The van der Waals surface area contributed by atoms with Crippen molar-refractivity contribution in [3.05, 3.63) is 17.6 Å².